The highest BCUT2D eigenvalue weighted by atomic mass is 79.9. The molecule has 0 aliphatic carbocycles. The molecule has 0 spiro atoms. The van der Waals surface area contributed by atoms with Crippen LogP contribution < -0.4 is 5.32 Å². The summed E-state index contributed by atoms with van der Waals surface area (Å²) in [6, 6.07) is 5.51. The average molecular weight is 382 g/mol. The number of nitrogens with one attached hydrogen (secondary N) is 1. The van der Waals surface area contributed by atoms with Crippen molar-refractivity contribution < 1.29 is 18.7 Å². The maximum Gasteiger partial charge on any atom is 0.375 e. The Hall–Kier alpha value is -1.82. The van der Waals surface area contributed by atoms with E-state index in [0.717, 1.165) is 9.86 Å². The summed E-state index contributed by atoms with van der Waals surface area (Å²) >= 11 is 3.39. The van der Waals surface area contributed by atoms with Gasteiger partial charge in [-0.1, -0.05) is 29.8 Å². The van der Waals surface area contributed by atoms with Gasteiger partial charge in [-0.2, -0.15) is 0 Å². The summed E-state index contributed by atoms with van der Waals surface area (Å²) in [4.78, 5) is 23.9. The summed E-state index contributed by atoms with van der Waals surface area (Å²) in [5, 5.41) is 3.62. The zero-order valence-corrected chi connectivity index (χ0v) is 15.2. The summed E-state index contributed by atoms with van der Waals surface area (Å²) in [7, 11) is 0. The van der Waals surface area contributed by atoms with Gasteiger partial charge in [0.2, 0.25) is 5.76 Å². The Bertz CT molecular complexity index is 736. The first-order valence-corrected chi connectivity index (χ1v) is 8.24. The van der Waals surface area contributed by atoms with E-state index in [9.17, 15) is 9.59 Å². The van der Waals surface area contributed by atoms with Crippen molar-refractivity contribution in [2.24, 2.45) is 5.92 Å². The molecular weight excluding hydrogens is 362 g/mol. The van der Waals surface area contributed by atoms with Crippen molar-refractivity contribution in [3.05, 3.63) is 34.0 Å². The van der Waals surface area contributed by atoms with Crippen LogP contribution >= 0.6 is 15.9 Å². The molecule has 124 valence electrons. The number of halogens is 1. The lowest BCUT2D eigenvalue weighted by Gasteiger charge is -2.17. The Labute approximate surface area is 143 Å². The summed E-state index contributed by atoms with van der Waals surface area (Å²) in [6.45, 7) is 7.39. The number of amides is 1. The smallest absolute Gasteiger partial charge is 0.375 e. The van der Waals surface area contributed by atoms with Gasteiger partial charge >= 0.3 is 5.97 Å². The van der Waals surface area contributed by atoms with Crippen LogP contribution in [-0.2, 0) is 9.53 Å². The minimum Gasteiger partial charge on any atom is -0.450 e. The van der Waals surface area contributed by atoms with Crippen molar-refractivity contribution in [3.8, 4) is 0 Å². The molecule has 2 rings (SSSR count). The third-order valence-corrected chi connectivity index (χ3v) is 4.30. The topological polar surface area (TPSA) is 68.5 Å². The quantitative estimate of drug-likeness (QED) is 0.799. The van der Waals surface area contributed by atoms with Gasteiger partial charge < -0.3 is 14.5 Å². The number of rotatable bonds is 5. The molecule has 1 aromatic carbocycles. The number of fused-ring (bicyclic) bond motifs is 1. The molecule has 0 saturated heterocycles. The molecule has 0 bridgehead atoms. The molecule has 0 fully saturated rings. The SMILES string of the molecule is Cc1c(C(=O)OCC(=O)N[C@H](C)C(C)C)oc2ccc(Br)cc12. The predicted octanol–water partition coefficient (Wildman–Crippen LogP) is 3.82. The molecule has 0 radical (unpaired) electrons. The van der Waals surface area contributed by atoms with E-state index >= 15 is 0 Å². The zero-order valence-electron chi connectivity index (χ0n) is 13.6. The molecule has 1 amide bonds. The van der Waals surface area contributed by atoms with Gasteiger partial charge in [-0.05, 0) is 38.0 Å². The van der Waals surface area contributed by atoms with Crippen LogP contribution in [0.1, 0.15) is 36.9 Å². The highest BCUT2D eigenvalue weighted by Crippen LogP contribution is 2.28. The minimum atomic E-state index is -0.637. The Morgan fingerprint density at radius 2 is 2.00 bits per heavy atom. The first-order valence-electron chi connectivity index (χ1n) is 7.44. The van der Waals surface area contributed by atoms with Crippen molar-refractivity contribution in [3.63, 3.8) is 0 Å². The summed E-state index contributed by atoms with van der Waals surface area (Å²) in [6.07, 6.45) is 0. The van der Waals surface area contributed by atoms with Crippen molar-refractivity contribution in [1.29, 1.82) is 0 Å². The zero-order chi connectivity index (χ0) is 17.1. The van der Waals surface area contributed by atoms with E-state index in [2.05, 4.69) is 21.2 Å². The van der Waals surface area contributed by atoms with Crippen molar-refractivity contribution >= 4 is 38.8 Å². The molecule has 1 N–H and O–H groups in total. The van der Waals surface area contributed by atoms with Crippen molar-refractivity contribution in [2.45, 2.75) is 33.7 Å². The number of aryl methyl sites for hydroxylation is 1. The molecule has 0 saturated carbocycles. The Morgan fingerprint density at radius 1 is 1.30 bits per heavy atom. The first kappa shape index (κ1) is 17.5. The van der Waals surface area contributed by atoms with Gasteiger partial charge in [-0.15, -0.1) is 0 Å². The normalized spacial score (nSPS) is 12.4. The number of ether oxygens (including phenoxy) is 1. The molecular formula is C17H20BrNO4. The third-order valence-electron chi connectivity index (χ3n) is 3.81. The van der Waals surface area contributed by atoms with Crippen molar-refractivity contribution in [2.75, 3.05) is 6.61 Å². The van der Waals surface area contributed by atoms with Crippen LogP contribution in [0.4, 0.5) is 0 Å². The maximum atomic E-state index is 12.1. The van der Waals surface area contributed by atoms with Crippen LogP contribution in [0.3, 0.4) is 0 Å². The second-order valence-corrected chi connectivity index (χ2v) is 6.79. The standard InChI is InChI=1S/C17H20BrNO4/c1-9(2)11(4)19-15(20)8-22-17(21)16-10(3)13-7-12(18)5-6-14(13)23-16/h5-7,9,11H,8H2,1-4H3,(H,19,20)/t11-/m1/s1. The lowest BCUT2D eigenvalue weighted by molar-refractivity contribution is -0.125. The molecule has 0 unspecified atom stereocenters. The lowest BCUT2D eigenvalue weighted by Crippen LogP contribution is -2.38. The van der Waals surface area contributed by atoms with E-state index in [-0.39, 0.29) is 24.3 Å². The lowest BCUT2D eigenvalue weighted by atomic mass is 10.1. The number of hydrogen-bond donors (Lipinski definition) is 1. The van der Waals surface area contributed by atoms with E-state index < -0.39 is 5.97 Å². The van der Waals surface area contributed by atoms with Gasteiger partial charge in [0.05, 0.1) is 0 Å². The van der Waals surface area contributed by atoms with Gasteiger partial charge in [0, 0.05) is 21.5 Å². The van der Waals surface area contributed by atoms with Crippen molar-refractivity contribution in [1.82, 2.24) is 5.32 Å². The summed E-state index contributed by atoms with van der Waals surface area (Å²) < 4.78 is 11.5. The maximum absolute atomic E-state index is 12.1. The van der Waals surface area contributed by atoms with E-state index in [1.165, 1.54) is 0 Å². The van der Waals surface area contributed by atoms with Crippen LogP contribution in [0.5, 0.6) is 0 Å². The van der Waals surface area contributed by atoms with Crippen LogP contribution in [0, 0.1) is 12.8 Å². The molecule has 6 heteroatoms. The van der Waals surface area contributed by atoms with E-state index in [0.29, 0.717) is 17.1 Å². The molecule has 5 nitrogen and oxygen atoms in total. The summed E-state index contributed by atoms with van der Waals surface area (Å²) in [5.41, 5.74) is 1.30. The molecule has 1 atom stereocenters. The second-order valence-electron chi connectivity index (χ2n) is 5.87. The average Bonchev–Trinajstić information content (AvgIpc) is 2.81. The molecule has 23 heavy (non-hydrogen) atoms. The van der Waals surface area contributed by atoms with Crippen LogP contribution in [0.15, 0.2) is 27.1 Å². The number of carbonyl (C=O) groups is 2. The van der Waals surface area contributed by atoms with Crippen LogP contribution in [-0.4, -0.2) is 24.5 Å². The van der Waals surface area contributed by atoms with E-state index in [4.69, 9.17) is 9.15 Å². The van der Waals surface area contributed by atoms with E-state index in [1.807, 2.05) is 32.9 Å². The highest BCUT2D eigenvalue weighted by molar-refractivity contribution is 9.10. The fourth-order valence-corrected chi connectivity index (χ4v) is 2.41. The minimum absolute atomic E-state index is 0.0199. The number of benzene rings is 1. The van der Waals surface area contributed by atoms with Crippen LogP contribution in [0.2, 0.25) is 0 Å². The van der Waals surface area contributed by atoms with Gasteiger partial charge in [0.25, 0.3) is 5.91 Å². The number of furan rings is 1. The van der Waals surface area contributed by atoms with Gasteiger partial charge in [-0.25, -0.2) is 4.79 Å². The van der Waals surface area contributed by atoms with E-state index in [1.54, 1.807) is 13.0 Å². The summed E-state index contributed by atoms with van der Waals surface area (Å²) in [5.74, 6) is -0.522. The molecule has 2 aromatic rings. The fraction of sp³-hybridized carbons (Fsp3) is 0.412. The Kier molecular flexibility index (Phi) is 5.46. The molecule has 1 aromatic heterocycles. The Morgan fingerprint density at radius 3 is 2.65 bits per heavy atom. The second kappa shape index (κ2) is 7.17. The molecule has 0 aliphatic heterocycles. The Balaban J connectivity index is 2.04. The van der Waals surface area contributed by atoms with Gasteiger partial charge in [0.1, 0.15) is 5.58 Å². The third kappa shape index (κ3) is 4.13. The molecule has 1 heterocycles. The van der Waals surface area contributed by atoms with Gasteiger partial charge in [-0.3, -0.25) is 4.79 Å². The van der Waals surface area contributed by atoms with Gasteiger partial charge in [0.15, 0.2) is 6.61 Å². The molecule has 0 aliphatic rings. The monoisotopic (exact) mass is 381 g/mol. The first-order chi connectivity index (χ1) is 10.8. The number of hydrogen-bond acceptors (Lipinski definition) is 4. The number of carbonyl (C=O) groups excluding carboxylic acids is 2. The predicted molar refractivity (Wildman–Crippen MR) is 91.4 cm³/mol. The number of esters is 1. The largest absolute Gasteiger partial charge is 0.450 e. The van der Waals surface area contributed by atoms with Crippen LogP contribution in [0.25, 0.3) is 11.0 Å². The fourth-order valence-electron chi connectivity index (χ4n) is 2.05. The highest BCUT2D eigenvalue weighted by Gasteiger charge is 2.20.